The van der Waals surface area contributed by atoms with Crippen molar-refractivity contribution in [2.75, 3.05) is 12.4 Å². The molecule has 0 spiro atoms. The third kappa shape index (κ3) is 2.94. The van der Waals surface area contributed by atoms with Gasteiger partial charge in [0.1, 0.15) is 0 Å². The van der Waals surface area contributed by atoms with Crippen molar-refractivity contribution in [2.45, 2.75) is 0 Å². The number of thiophene rings is 1. The van der Waals surface area contributed by atoms with E-state index in [4.69, 9.17) is 9.84 Å². The van der Waals surface area contributed by atoms with Gasteiger partial charge in [-0.2, -0.15) is 0 Å². The van der Waals surface area contributed by atoms with Crippen molar-refractivity contribution < 1.29 is 23.8 Å². The second-order valence-corrected chi connectivity index (χ2v) is 4.72. The summed E-state index contributed by atoms with van der Waals surface area (Å²) in [6.45, 7) is 0. The molecule has 0 bridgehead atoms. The molecule has 0 saturated carbocycles. The minimum absolute atomic E-state index is 0.0324. The zero-order valence-corrected chi connectivity index (χ0v) is 11.2. The zero-order valence-electron chi connectivity index (χ0n) is 10.3. The van der Waals surface area contributed by atoms with E-state index in [0.29, 0.717) is 5.00 Å². The van der Waals surface area contributed by atoms with Gasteiger partial charge in [-0.05, 0) is 24.3 Å². The molecule has 0 unspecified atom stereocenters. The first kappa shape index (κ1) is 14.0. The Labute approximate surface area is 117 Å². The average molecular weight is 295 g/mol. The van der Waals surface area contributed by atoms with E-state index in [1.165, 1.54) is 30.7 Å². The summed E-state index contributed by atoms with van der Waals surface area (Å²) < 4.78 is 18.0. The molecule has 0 saturated heterocycles. The van der Waals surface area contributed by atoms with Gasteiger partial charge in [-0.15, -0.1) is 11.3 Å². The zero-order chi connectivity index (χ0) is 14.7. The summed E-state index contributed by atoms with van der Waals surface area (Å²) in [6, 6.07) is 5.08. The first-order valence-electron chi connectivity index (χ1n) is 5.48. The molecule has 0 aliphatic carbocycles. The summed E-state index contributed by atoms with van der Waals surface area (Å²) in [4.78, 5) is 22.7. The largest absolute Gasteiger partial charge is 0.494 e. The molecule has 0 radical (unpaired) electrons. The van der Waals surface area contributed by atoms with Crippen LogP contribution in [0.5, 0.6) is 5.75 Å². The molecule has 104 valence electrons. The maximum absolute atomic E-state index is 13.2. The molecule has 7 heteroatoms. The molecule has 0 fully saturated rings. The van der Waals surface area contributed by atoms with Gasteiger partial charge in [-0.25, -0.2) is 9.18 Å². The van der Waals surface area contributed by atoms with Crippen LogP contribution >= 0.6 is 11.3 Å². The standard InChI is InChI=1S/C13H10FNO4S/c1-19-10-4-7(2-3-9(10)14)12(16)15-11-5-8(6-20-11)13(17)18/h2-6H,1H3,(H,15,16)(H,17,18). The molecule has 2 N–H and O–H groups in total. The van der Waals surface area contributed by atoms with Gasteiger partial charge in [-0.3, -0.25) is 4.79 Å². The van der Waals surface area contributed by atoms with Crippen LogP contribution in [0.15, 0.2) is 29.6 Å². The van der Waals surface area contributed by atoms with Crippen molar-refractivity contribution in [3.63, 3.8) is 0 Å². The van der Waals surface area contributed by atoms with E-state index in [1.54, 1.807) is 0 Å². The highest BCUT2D eigenvalue weighted by Gasteiger charge is 2.12. The minimum atomic E-state index is -1.06. The fraction of sp³-hybridized carbons (Fsp3) is 0.0769. The average Bonchev–Trinajstić information content (AvgIpc) is 2.88. The third-order valence-corrected chi connectivity index (χ3v) is 3.34. The molecule has 0 aliphatic rings. The number of halogens is 1. The highest BCUT2D eigenvalue weighted by Crippen LogP contribution is 2.23. The first-order chi connectivity index (χ1) is 9.51. The Kier molecular flexibility index (Phi) is 3.99. The van der Waals surface area contributed by atoms with Crippen LogP contribution in [-0.2, 0) is 0 Å². The van der Waals surface area contributed by atoms with Crippen LogP contribution in [0.3, 0.4) is 0 Å². The summed E-state index contributed by atoms with van der Waals surface area (Å²) in [5, 5.41) is 13.1. The predicted molar refractivity (Wildman–Crippen MR) is 72.2 cm³/mol. The lowest BCUT2D eigenvalue weighted by Gasteiger charge is -2.05. The maximum Gasteiger partial charge on any atom is 0.336 e. The Hall–Kier alpha value is -2.41. The quantitative estimate of drug-likeness (QED) is 0.909. The van der Waals surface area contributed by atoms with Crippen LogP contribution in [0, 0.1) is 5.82 Å². The lowest BCUT2D eigenvalue weighted by atomic mass is 10.2. The van der Waals surface area contributed by atoms with Gasteiger partial charge in [0.25, 0.3) is 5.91 Å². The van der Waals surface area contributed by atoms with Crippen molar-refractivity contribution in [3.05, 3.63) is 46.6 Å². The summed E-state index contributed by atoms with van der Waals surface area (Å²) in [5.74, 6) is -2.13. The molecule has 2 rings (SSSR count). The Morgan fingerprint density at radius 3 is 2.65 bits per heavy atom. The van der Waals surface area contributed by atoms with Gasteiger partial charge < -0.3 is 15.2 Å². The van der Waals surface area contributed by atoms with E-state index in [2.05, 4.69) is 5.32 Å². The molecule has 1 aromatic carbocycles. The number of methoxy groups -OCH3 is 1. The van der Waals surface area contributed by atoms with Crippen LogP contribution in [-0.4, -0.2) is 24.1 Å². The van der Waals surface area contributed by atoms with Crippen LogP contribution < -0.4 is 10.1 Å². The number of carboxylic acid groups (broad SMARTS) is 1. The van der Waals surface area contributed by atoms with E-state index in [1.807, 2.05) is 0 Å². The van der Waals surface area contributed by atoms with Gasteiger partial charge in [0.05, 0.1) is 17.7 Å². The Morgan fingerprint density at radius 2 is 2.05 bits per heavy atom. The number of nitrogens with one attached hydrogen (secondary N) is 1. The van der Waals surface area contributed by atoms with Crippen molar-refractivity contribution in [1.29, 1.82) is 0 Å². The van der Waals surface area contributed by atoms with Gasteiger partial charge >= 0.3 is 5.97 Å². The van der Waals surface area contributed by atoms with Crippen molar-refractivity contribution >= 4 is 28.2 Å². The number of anilines is 1. The second kappa shape index (κ2) is 5.70. The molecule has 1 amide bonds. The summed E-state index contributed by atoms with van der Waals surface area (Å²) in [7, 11) is 1.30. The van der Waals surface area contributed by atoms with Crippen LogP contribution in [0.4, 0.5) is 9.39 Å². The number of hydrogen-bond acceptors (Lipinski definition) is 4. The molecule has 5 nitrogen and oxygen atoms in total. The number of hydrogen-bond donors (Lipinski definition) is 2. The van der Waals surface area contributed by atoms with E-state index in [0.717, 1.165) is 17.4 Å². The molecule has 1 heterocycles. The number of carboxylic acids is 1. The van der Waals surface area contributed by atoms with Gasteiger partial charge in [0.15, 0.2) is 11.6 Å². The fourth-order valence-corrected chi connectivity index (χ4v) is 2.27. The smallest absolute Gasteiger partial charge is 0.336 e. The predicted octanol–water partition coefficient (Wildman–Crippen LogP) is 2.85. The number of aromatic carboxylic acids is 1. The van der Waals surface area contributed by atoms with Crippen LogP contribution in [0.1, 0.15) is 20.7 Å². The monoisotopic (exact) mass is 295 g/mol. The summed E-state index contributed by atoms with van der Waals surface area (Å²) >= 11 is 1.10. The molecule has 0 atom stereocenters. The van der Waals surface area contributed by atoms with Gasteiger partial charge in [0, 0.05) is 10.9 Å². The topological polar surface area (TPSA) is 75.6 Å². The number of benzene rings is 1. The number of amides is 1. The summed E-state index contributed by atoms with van der Waals surface area (Å²) in [6.07, 6.45) is 0. The van der Waals surface area contributed by atoms with E-state index in [-0.39, 0.29) is 16.9 Å². The fourth-order valence-electron chi connectivity index (χ4n) is 1.50. The van der Waals surface area contributed by atoms with Crippen LogP contribution in [0.25, 0.3) is 0 Å². The van der Waals surface area contributed by atoms with E-state index < -0.39 is 17.7 Å². The molecule has 0 aliphatic heterocycles. The Morgan fingerprint density at radius 1 is 1.30 bits per heavy atom. The molecular formula is C13H10FNO4S. The minimum Gasteiger partial charge on any atom is -0.494 e. The second-order valence-electron chi connectivity index (χ2n) is 3.81. The highest BCUT2D eigenvalue weighted by molar-refractivity contribution is 7.14. The maximum atomic E-state index is 13.2. The first-order valence-corrected chi connectivity index (χ1v) is 6.36. The number of rotatable bonds is 4. The molecule has 20 heavy (non-hydrogen) atoms. The third-order valence-electron chi connectivity index (χ3n) is 2.50. The van der Waals surface area contributed by atoms with Crippen molar-refractivity contribution in [2.24, 2.45) is 0 Å². The van der Waals surface area contributed by atoms with Crippen molar-refractivity contribution in [1.82, 2.24) is 0 Å². The number of carbonyl (C=O) groups excluding carboxylic acids is 1. The molecule has 2 aromatic rings. The van der Waals surface area contributed by atoms with E-state index >= 15 is 0 Å². The van der Waals surface area contributed by atoms with Crippen LogP contribution in [0.2, 0.25) is 0 Å². The number of ether oxygens (including phenoxy) is 1. The highest BCUT2D eigenvalue weighted by atomic mass is 32.1. The van der Waals surface area contributed by atoms with Gasteiger partial charge in [0.2, 0.25) is 0 Å². The Balaban J connectivity index is 2.17. The lowest BCUT2D eigenvalue weighted by Crippen LogP contribution is -2.11. The summed E-state index contributed by atoms with van der Waals surface area (Å²) in [5.41, 5.74) is 0.315. The molecular weight excluding hydrogens is 285 g/mol. The number of carbonyl (C=O) groups is 2. The van der Waals surface area contributed by atoms with Crippen molar-refractivity contribution in [3.8, 4) is 5.75 Å². The molecule has 1 aromatic heterocycles. The van der Waals surface area contributed by atoms with E-state index in [9.17, 15) is 14.0 Å². The van der Waals surface area contributed by atoms with Gasteiger partial charge in [-0.1, -0.05) is 0 Å². The normalized spacial score (nSPS) is 10.1. The lowest BCUT2D eigenvalue weighted by molar-refractivity contribution is 0.0697. The Bertz CT molecular complexity index is 668. The SMILES string of the molecule is COc1cc(C(=O)Nc2cc(C(=O)O)cs2)ccc1F.